The van der Waals surface area contributed by atoms with Crippen molar-refractivity contribution in [1.82, 2.24) is 0 Å². The molecule has 0 saturated heterocycles. The standard InChI is InChI=1S/C15H14BrFN2O/c1-9-8-10(16)6-7-13(9)19-15(20)11-4-3-5-12(17)14(11)18-2/h3-8,18H,1-2H3,(H,19,20). The van der Waals surface area contributed by atoms with E-state index in [1.807, 2.05) is 19.1 Å². The fourth-order valence-electron chi connectivity index (χ4n) is 1.92. The quantitative estimate of drug-likeness (QED) is 0.882. The van der Waals surface area contributed by atoms with Crippen LogP contribution in [0.15, 0.2) is 40.9 Å². The molecule has 0 atom stereocenters. The predicted molar refractivity (Wildman–Crippen MR) is 82.8 cm³/mol. The van der Waals surface area contributed by atoms with Crippen molar-refractivity contribution in [3.05, 3.63) is 57.8 Å². The number of anilines is 2. The number of benzene rings is 2. The summed E-state index contributed by atoms with van der Waals surface area (Å²) in [6.07, 6.45) is 0. The number of hydrogen-bond acceptors (Lipinski definition) is 2. The molecule has 0 aliphatic heterocycles. The van der Waals surface area contributed by atoms with Crippen molar-refractivity contribution in [3.8, 4) is 0 Å². The van der Waals surface area contributed by atoms with Gasteiger partial charge in [-0.2, -0.15) is 0 Å². The van der Waals surface area contributed by atoms with Crippen molar-refractivity contribution >= 4 is 33.2 Å². The van der Waals surface area contributed by atoms with Crippen LogP contribution in [0.4, 0.5) is 15.8 Å². The van der Waals surface area contributed by atoms with E-state index in [2.05, 4.69) is 26.6 Å². The van der Waals surface area contributed by atoms with Gasteiger partial charge < -0.3 is 10.6 Å². The minimum absolute atomic E-state index is 0.194. The highest BCUT2D eigenvalue weighted by Gasteiger charge is 2.14. The maximum Gasteiger partial charge on any atom is 0.257 e. The van der Waals surface area contributed by atoms with E-state index in [1.165, 1.54) is 12.1 Å². The van der Waals surface area contributed by atoms with Crippen LogP contribution in [0, 0.1) is 12.7 Å². The van der Waals surface area contributed by atoms with E-state index in [9.17, 15) is 9.18 Å². The zero-order chi connectivity index (χ0) is 14.7. The van der Waals surface area contributed by atoms with Gasteiger partial charge in [0, 0.05) is 17.2 Å². The molecule has 3 nitrogen and oxygen atoms in total. The third kappa shape index (κ3) is 2.99. The molecule has 0 fully saturated rings. The van der Waals surface area contributed by atoms with E-state index in [1.54, 1.807) is 19.2 Å². The Bertz CT molecular complexity index is 658. The van der Waals surface area contributed by atoms with E-state index in [4.69, 9.17) is 0 Å². The molecular weight excluding hydrogens is 323 g/mol. The third-order valence-corrected chi connectivity index (χ3v) is 3.44. The summed E-state index contributed by atoms with van der Waals surface area (Å²) < 4.78 is 14.6. The van der Waals surface area contributed by atoms with E-state index >= 15 is 0 Å². The number of nitrogens with one attached hydrogen (secondary N) is 2. The molecule has 5 heteroatoms. The molecule has 0 radical (unpaired) electrons. The van der Waals surface area contributed by atoms with Crippen molar-refractivity contribution < 1.29 is 9.18 Å². The molecule has 20 heavy (non-hydrogen) atoms. The lowest BCUT2D eigenvalue weighted by molar-refractivity contribution is 0.102. The number of amides is 1. The molecule has 0 unspecified atom stereocenters. The Hall–Kier alpha value is -1.88. The Kier molecular flexibility index (Phi) is 4.39. The average molecular weight is 337 g/mol. The van der Waals surface area contributed by atoms with Crippen LogP contribution in [0.25, 0.3) is 0 Å². The Labute approximate surface area is 125 Å². The largest absolute Gasteiger partial charge is 0.385 e. The SMILES string of the molecule is CNc1c(F)cccc1C(=O)Nc1ccc(Br)cc1C. The molecule has 2 N–H and O–H groups in total. The Balaban J connectivity index is 2.31. The number of aryl methyl sites for hydroxylation is 1. The van der Waals surface area contributed by atoms with Crippen molar-refractivity contribution in [1.29, 1.82) is 0 Å². The second kappa shape index (κ2) is 6.05. The van der Waals surface area contributed by atoms with Crippen molar-refractivity contribution in [2.75, 3.05) is 17.7 Å². The molecule has 0 heterocycles. The highest BCUT2D eigenvalue weighted by atomic mass is 79.9. The topological polar surface area (TPSA) is 41.1 Å². The van der Waals surface area contributed by atoms with Crippen LogP contribution >= 0.6 is 15.9 Å². The van der Waals surface area contributed by atoms with Gasteiger partial charge in [-0.05, 0) is 42.8 Å². The van der Waals surface area contributed by atoms with Gasteiger partial charge >= 0.3 is 0 Å². The number of halogens is 2. The van der Waals surface area contributed by atoms with Crippen LogP contribution in [0.3, 0.4) is 0 Å². The Morgan fingerprint density at radius 2 is 2.00 bits per heavy atom. The van der Waals surface area contributed by atoms with Gasteiger partial charge in [0.15, 0.2) is 0 Å². The normalized spacial score (nSPS) is 10.2. The molecule has 0 spiro atoms. The lowest BCUT2D eigenvalue weighted by atomic mass is 10.1. The van der Waals surface area contributed by atoms with Crippen molar-refractivity contribution in [2.24, 2.45) is 0 Å². The number of hydrogen-bond donors (Lipinski definition) is 2. The number of carbonyl (C=O) groups is 1. The molecule has 104 valence electrons. The second-order valence-electron chi connectivity index (χ2n) is 4.33. The summed E-state index contributed by atoms with van der Waals surface area (Å²) in [4.78, 5) is 12.3. The lowest BCUT2D eigenvalue weighted by Gasteiger charge is -2.12. The molecule has 0 saturated carbocycles. The number of rotatable bonds is 3. The highest BCUT2D eigenvalue weighted by Crippen LogP contribution is 2.23. The fraction of sp³-hybridized carbons (Fsp3) is 0.133. The van der Waals surface area contributed by atoms with Gasteiger partial charge in [0.2, 0.25) is 0 Å². The van der Waals surface area contributed by atoms with Crippen LogP contribution in [-0.4, -0.2) is 13.0 Å². The van der Waals surface area contributed by atoms with E-state index in [-0.39, 0.29) is 17.2 Å². The number of para-hydroxylation sites is 1. The summed E-state index contributed by atoms with van der Waals surface area (Å²) >= 11 is 3.37. The minimum Gasteiger partial charge on any atom is -0.385 e. The highest BCUT2D eigenvalue weighted by molar-refractivity contribution is 9.10. The molecule has 2 aromatic carbocycles. The van der Waals surface area contributed by atoms with Gasteiger partial charge in [0.25, 0.3) is 5.91 Å². The average Bonchev–Trinajstić information content (AvgIpc) is 2.41. The fourth-order valence-corrected chi connectivity index (χ4v) is 2.40. The molecule has 0 aliphatic carbocycles. The Morgan fingerprint density at radius 3 is 2.65 bits per heavy atom. The van der Waals surface area contributed by atoms with Gasteiger partial charge in [-0.1, -0.05) is 22.0 Å². The smallest absolute Gasteiger partial charge is 0.257 e. The summed E-state index contributed by atoms with van der Waals surface area (Å²) in [6, 6.07) is 9.95. The molecule has 2 aromatic rings. The zero-order valence-electron chi connectivity index (χ0n) is 11.1. The minimum atomic E-state index is -0.451. The van der Waals surface area contributed by atoms with Gasteiger partial charge in [-0.25, -0.2) is 4.39 Å². The van der Waals surface area contributed by atoms with Crippen LogP contribution in [0.5, 0.6) is 0 Å². The summed E-state index contributed by atoms with van der Waals surface area (Å²) in [7, 11) is 1.58. The van der Waals surface area contributed by atoms with Crippen molar-refractivity contribution in [2.45, 2.75) is 6.92 Å². The van der Waals surface area contributed by atoms with Crippen LogP contribution in [0.2, 0.25) is 0 Å². The third-order valence-electron chi connectivity index (χ3n) is 2.94. The van der Waals surface area contributed by atoms with Gasteiger partial charge in [0.1, 0.15) is 5.82 Å². The summed E-state index contributed by atoms with van der Waals surface area (Å²) in [5, 5.41) is 5.50. The second-order valence-corrected chi connectivity index (χ2v) is 5.24. The maximum absolute atomic E-state index is 13.6. The van der Waals surface area contributed by atoms with Gasteiger partial charge in [-0.3, -0.25) is 4.79 Å². The molecule has 1 amide bonds. The summed E-state index contributed by atoms with van der Waals surface area (Å²) in [5.74, 6) is -0.799. The molecule has 2 rings (SSSR count). The maximum atomic E-state index is 13.6. The first-order chi connectivity index (χ1) is 9.52. The van der Waals surface area contributed by atoms with E-state index in [0.29, 0.717) is 5.69 Å². The van der Waals surface area contributed by atoms with Crippen LogP contribution in [0.1, 0.15) is 15.9 Å². The first-order valence-corrected chi connectivity index (χ1v) is 6.86. The molecular formula is C15H14BrFN2O. The Morgan fingerprint density at radius 1 is 1.25 bits per heavy atom. The van der Waals surface area contributed by atoms with E-state index < -0.39 is 5.82 Å². The van der Waals surface area contributed by atoms with Crippen LogP contribution in [-0.2, 0) is 0 Å². The lowest BCUT2D eigenvalue weighted by Crippen LogP contribution is -2.15. The molecule has 0 aliphatic rings. The predicted octanol–water partition coefficient (Wildman–Crippen LogP) is 4.19. The van der Waals surface area contributed by atoms with Gasteiger partial charge in [0.05, 0.1) is 11.3 Å². The molecule has 0 aromatic heterocycles. The monoisotopic (exact) mass is 336 g/mol. The number of carbonyl (C=O) groups excluding carboxylic acids is 1. The van der Waals surface area contributed by atoms with Gasteiger partial charge in [-0.15, -0.1) is 0 Å². The summed E-state index contributed by atoms with van der Waals surface area (Å²) in [5.41, 5.74) is 2.09. The molecule has 0 bridgehead atoms. The van der Waals surface area contributed by atoms with Crippen LogP contribution < -0.4 is 10.6 Å². The zero-order valence-corrected chi connectivity index (χ0v) is 12.7. The van der Waals surface area contributed by atoms with Crippen molar-refractivity contribution in [3.63, 3.8) is 0 Å². The summed E-state index contributed by atoms with van der Waals surface area (Å²) in [6.45, 7) is 1.89. The first-order valence-electron chi connectivity index (χ1n) is 6.06. The van der Waals surface area contributed by atoms with E-state index in [0.717, 1.165) is 10.0 Å². The first kappa shape index (κ1) is 14.5.